The number of nitrogens with one attached hydrogen (secondary N) is 1. The average Bonchev–Trinajstić information content (AvgIpc) is 2.87. The van der Waals surface area contributed by atoms with Crippen molar-refractivity contribution in [3.8, 4) is 0 Å². The van der Waals surface area contributed by atoms with Gasteiger partial charge in [0.2, 0.25) is 10.0 Å². The van der Waals surface area contributed by atoms with Gasteiger partial charge in [-0.3, -0.25) is 0 Å². The van der Waals surface area contributed by atoms with Gasteiger partial charge in [0.25, 0.3) is 0 Å². The fourth-order valence-corrected chi connectivity index (χ4v) is 5.32. The van der Waals surface area contributed by atoms with E-state index in [2.05, 4.69) is 12.2 Å². The van der Waals surface area contributed by atoms with Crippen LogP contribution in [-0.4, -0.2) is 27.2 Å². The van der Waals surface area contributed by atoms with Crippen molar-refractivity contribution in [2.45, 2.75) is 55.7 Å². The zero-order valence-corrected chi connectivity index (χ0v) is 14.2. The number of fused-ring (bicyclic) bond motifs is 2. The van der Waals surface area contributed by atoms with Crippen LogP contribution in [0.25, 0.3) is 0 Å². The molecule has 0 aromatic heterocycles. The highest BCUT2D eigenvalue weighted by Crippen LogP contribution is 2.63. The van der Waals surface area contributed by atoms with Gasteiger partial charge in [-0.1, -0.05) is 18.6 Å². The SMILES string of the molecule is C[C@H](N[C@@H]1[C@@H]2CCO[C@H]2C12CCC2)c1ccc(S(N)(=O)=O)cc1. The lowest BCUT2D eigenvalue weighted by molar-refractivity contribution is -0.178. The zero-order chi connectivity index (χ0) is 16.2. The molecule has 5 nitrogen and oxygen atoms in total. The van der Waals surface area contributed by atoms with Gasteiger partial charge in [0.15, 0.2) is 0 Å². The van der Waals surface area contributed by atoms with E-state index in [1.54, 1.807) is 12.1 Å². The van der Waals surface area contributed by atoms with Crippen LogP contribution in [0.5, 0.6) is 0 Å². The number of nitrogens with two attached hydrogens (primary N) is 1. The van der Waals surface area contributed by atoms with Crippen LogP contribution in [0.2, 0.25) is 0 Å². The number of hydrogen-bond donors (Lipinski definition) is 2. The maximum absolute atomic E-state index is 11.4. The van der Waals surface area contributed by atoms with Gasteiger partial charge < -0.3 is 10.1 Å². The summed E-state index contributed by atoms with van der Waals surface area (Å²) in [4.78, 5) is 0.164. The topological polar surface area (TPSA) is 81.4 Å². The molecule has 2 saturated carbocycles. The minimum absolute atomic E-state index is 0.164. The summed E-state index contributed by atoms with van der Waals surface area (Å²) in [6, 6.07) is 7.59. The van der Waals surface area contributed by atoms with E-state index in [1.807, 2.05) is 12.1 Å². The Kier molecular flexibility index (Phi) is 3.57. The molecule has 3 aliphatic rings. The molecule has 2 aliphatic carbocycles. The molecule has 0 radical (unpaired) electrons. The Labute approximate surface area is 137 Å². The van der Waals surface area contributed by atoms with E-state index in [0.29, 0.717) is 23.5 Å². The molecular formula is C17H24N2O3S. The van der Waals surface area contributed by atoms with Crippen molar-refractivity contribution >= 4 is 10.0 Å². The number of primary sulfonamides is 1. The van der Waals surface area contributed by atoms with E-state index in [9.17, 15) is 8.42 Å². The highest BCUT2D eigenvalue weighted by molar-refractivity contribution is 7.89. The van der Waals surface area contributed by atoms with E-state index in [-0.39, 0.29) is 10.9 Å². The smallest absolute Gasteiger partial charge is 0.238 e. The van der Waals surface area contributed by atoms with E-state index in [4.69, 9.17) is 9.88 Å². The summed E-state index contributed by atoms with van der Waals surface area (Å²) >= 11 is 0. The first-order chi connectivity index (χ1) is 10.9. The van der Waals surface area contributed by atoms with Gasteiger partial charge >= 0.3 is 0 Å². The van der Waals surface area contributed by atoms with Crippen molar-refractivity contribution < 1.29 is 13.2 Å². The third-order valence-electron chi connectivity index (χ3n) is 6.17. The summed E-state index contributed by atoms with van der Waals surface area (Å²) in [5.41, 5.74) is 1.45. The van der Waals surface area contributed by atoms with Gasteiger partial charge in [-0.15, -0.1) is 0 Å². The van der Waals surface area contributed by atoms with Gasteiger partial charge in [0.1, 0.15) is 0 Å². The van der Waals surface area contributed by atoms with Crippen LogP contribution in [0, 0.1) is 11.3 Å². The van der Waals surface area contributed by atoms with Crippen molar-refractivity contribution in [1.29, 1.82) is 0 Å². The van der Waals surface area contributed by atoms with Gasteiger partial charge in [0, 0.05) is 30.0 Å². The van der Waals surface area contributed by atoms with Crippen LogP contribution in [0.1, 0.15) is 44.2 Å². The molecular weight excluding hydrogens is 312 g/mol. The Hall–Kier alpha value is -0.950. The predicted molar refractivity (Wildman–Crippen MR) is 87.3 cm³/mol. The molecule has 1 heterocycles. The first-order valence-corrected chi connectivity index (χ1v) is 9.97. The fraction of sp³-hybridized carbons (Fsp3) is 0.647. The predicted octanol–water partition coefficient (Wildman–Crippen LogP) is 1.94. The summed E-state index contributed by atoms with van der Waals surface area (Å²) in [6.07, 6.45) is 5.46. The molecule has 4 rings (SSSR count). The molecule has 1 saturated heterocycles. The number of sulfonamides is 1. The molecule has 3 fully saturated rings. The molecule has 0 bridgehead atoms. The minimum atomic E-state index is -3.62. The maximum Gasteiger partial charge on any atom is 0.238 e. The maximum atomic E-state index is 11.4. The lowest BCUT2D eigenvalue weighted by Gasteiger charge is -2.64. The van der Waals surface area contributed by atoms with Crippen LogP contribution in [0.4, 0.5) is 0 Å². The Bertz CT molecular complexity index is 697. The molecule has 1 aromatic carbocycles. The van der Waals surface area contributed by atoms with Crippen LogP contribution in [0.15, 0.2) is 29.2 Å². The highest BCUT2D eigenvalue weighted by atomic mass is 32.2. The molecule has 1 aliphatic heterocycles. The minimum Gasteiger partial charge on any atom is -0.377 e. The fourth-order valence-electron chi connectivity index (χ4n) is 4.81. The van der Waals surface area contributed by atoms with Crippen molar-refractivity contribution in [1.82, 2.24) is 5.32 Å². The Morgan fingerprint density at radius 2 is 2.00 bits per heavy atom. The third kappa shape index (κ3) is 2.35. The summed E-state index contributed by atoms with van der Waals surface area (Å²) in [6.45, 7) is 3.04. The Morgan fingerprint density at radius 1 is 1.30 bits per heavy atom. The first kappa shape index (κ1) is 15.6. The van der Waals surface area contributed by atoms with Gasteiger partial charge in [-0.05, 0) is 43.9 Å². The lowest BCUT2D eigenvalue weighted by atomic mass is 9.46. The number of rotatable bonds is 4. The summed E-state index contributed by atoms with van der Waals surface area (Å²) in [5, 5.41) is 8.95. The molecule has 23 heavy (non-hydrogen) atoms. The molecule has 4 atom stereocenters. The monoisotopic (exact) mass is 336 g/mol. The van der Waals surface area contributed by atoms with Gasteiger partial charge in [0.05, 0.1) is 11.0 Å². The van der Waals surface area contributed by atoms with Crippen molar-refractivity contribution in [2.24, 2.45) is 16.5 Å². The molecule has 1 aromatic rings. The molecule has 6 heteroatoms. The number of benzene rings is 1. The van der Waals surface area contributed by atoms with E-state index < -0.39 is 10.0 Å². The quantitative estimate of drug-likeness (QED) is 0.880. The summed E-state index contributed by atoms with van der Waals surface area (Å²) < 4.78 is 28.7. The Morgan fingerprint density at radius 3 is 2.57 bits per heavy atom. The van der Waals surface area contributed by atoms with Crippen LogP contribution >= 0.6 is 0 Å². The molecule has 0 unspecified atom stereocenters. The largest absolute Gasteiger partial charge is 0.377 e. The average molecular weight is 336 g/mol. The summed E-state index contributed by atoms with van der Waals surface area (Å²) in [7, 11) is -3.62. The van der Waals surface area contributed by atoms with Gasteiger partial charge in [-0.25, -0.2) is 13.6 Å². The standard InChI is InChI=1S/C17H24N2O3S/c1-11(12-3-5-13(6-4-12)23(18,20)21)19-15-14-7-10-22-16(14)17(15)8-2-9-17/h3-6,11,14-16,19H,2,7-10H2,1H3,(H2,18,20,21)/t11-,14-,15+,16+/m0/s1. The first-order valence-electron chi connectivity index (χ1n) is 8.42. The lowest BCUT2D eigenvalue weighted by Crippen LogP contribution is -2.71. The normalized spacial score (nSPS) is 32.9. The molecule has 1 spiro atoms. The van der Waals surface area contributed by atoms with Crippen molar-refractivity contribution in [3.05, 3.63) is 29.8 Å². The molecule has 126 valence electrons. The highest BCUT2D eigenvalue weighted by Gasteiger charge is 2.66. The number of ether oxygens (including phenoxy) is 1. The summed E-state index contributed by atoms with van der Waals surface area (Å²) in [5.74, 6) is 0.640. The second-order valence-corrected chi connectivity index (χ2v) is 8.87. The molecule has 3 N–H and O–H groups in total. The van der Waals surface area contributed by atoms with Crippen LogP contribution < -0.4 is 10.5 Å². The van der Waals surface area contributed by atoms with Crippen molar-refractivity contribution in [2.75, 3.05) is 6.61 Å². The van der Waals surface area contributed by atoms with Crippen LogP contribution in [-0.2, 0) is 14.8 Å². The Balaban J connectivity index is 1.48. The van der Waals surface area contributed by atoms with Crippen molar-refractivity contribution in [3.63, 3.8) is 0 Å². The number of hydrogen-bond acceptors (Lipinski definition) is 4. The van der Waals surface area contributed by atoms with Crippen LogP contribution in [0.3, 0.4) is 0 Å². The van der Waals surface area contributed by atoms with E-state index in [1.165, 1.54) is 19.3 Å². The second kappa shape index (κ2) is 5.28. The second-order valence-electron chi connectivity index (χ2n) is 7.31. The third-order valence-corrected chi connectivity index (χ3v) is 7.10. The zero-order valence-electron chi connectivity index (χ0n) is 13.4. The molecule has 0 amide bonds. The van der Waals surface area contributed by atoms with Gasteiger partial charge in [-0.2, -0.15) is 0 Å². The van der Waals surface area contributed by atoms with E-state index >= 15 is 0 Å². The van der Waals surface area contributed by atoms with E-state index in [0.717, 1.165) is 18.6 Å².